The summed E-state index contributed by atoms with van der Waals surface area (Å²) in [4.78, 5) is 17.7. The molecule has 0 unspecified atom stereocenters. The lowest BCUT2D eigenvalue weighted by molar-refractivity contribution is 0.166. The predicted molar refractivity (Wildman–Crippen MR) is 91.4 cm³/mol. The van der Waals surface area contributed by atoms with Crippen molar-refractivity contribution in [1.29, 1.82) is 0 Å². The van der Waals surface area contributed by atoms with Crippen LogP contribution in [0.2, 0.25) is 0 Å². The lowest BCUT2D eigenvalue weighted by Crippen LogP contribution is -2.54. The van der Waals surface area contributed by atoms with E-state index in [1.54, 1.807) is 16.2 Å². The highest BCUT2D eigenvalue weighted by Gasteiger charge is 2.28. The number of rotatable bonds is 3. The summed E-state index contributed by atoms with van der Waals surface area (Å²) in [5.74, 6) is 0.158. The lowest BCUT2D eigenvalue weighted by atomic mass is 10.1. The Balaban J connectivity index is 1.48. The molecule has 2 aliphatic heterocycles. The maximum atomic E-state index is 12.3. The van der Waals surface area contributed by atoms with Gasteiger partial charge in [0, 0.05) is 37.1 Å². The van der Waals surface area contributed by atoms with E-state index in [0.29, 0.717) is 13.1 Å². The SMILES string of the molecule is O=C(N[C@@H]1CCCN(Cc2cccs2)C1)N1CCS(=O)(=O)CC1. The van der Waals surface area contributed by atoms with Crippen molar-refractivity contribution in [2.75, 3.05) is 37.7 Å². The fourth-order valence-electron chi connectivity index (χ4n) is 3.12. The standard InChI is InChI=1S/C15H23N3O3S2/c19-15(18-6-9-23(20,21)10-7-18)16-13-3-1-5-17(11-13)12-14-4-2-8-22-14/h2,4,8,13H,1,3,5-7,9-12H2,(H,16,19)/t13-/m1/s1. The number of nitrogens with zero attached hydrogens (tertiary/aromatic N) is 2. The summed E-state index contributed by atoms with van der Waals surface area (Å²) in [6, 6.07) is 4.23. The van der Waals surface area contributed by atoms with Crippen molar-refractivity contribution < 1.29 is 13.2 Å². The van der Waals surface area contributed by atoms with E-state index in [1.165, 1.54) is 4.88 Å². The summed E-state index contributed by atoms with van der Waals surface area (Å²) < 4.78 is 22.9. The molecule has 2 aliphatic rings. The minimum absolute atomic E-state index is 0.0790. The molecule has 1 aromatic rings. The number of nitrogens with one attached hydrogen (secondary N) is 1. The van der Waals surface area contributed by atoms with Gasteiger partial charge in [-0.05, 0) is 30.8 Å². The van der Waals surface area contributed by atoms with E-state index in [1.807, 2.05) is 0 Å². The minimum atomic E-state index is -2.95. The zero-order chi connectivity index (χ0) is 16.3. The van der Waals surface area contributed by atoms with E-state index in [-0.39, 0.29) is 23.6 Å². The fraction of sp³-hybridized carbons (Fsp3) is 0.667. The van der Waals surface area contributed by atoms with Gasteiger partial charge in [0.1, 0.15) is 0 Å². The molecule has 0 saturated carbocycles. The van der Waals surface area contributed by atoms with Crippen molar-refractivity contribution in [2.24, 2.45) is 0 Å². The fourth-order valence-corrected chi connectivity index (χ4v) is 5.07. The van der Waals surface area contributed by atoms with Gasteiger partial charge in [0.25, 0.3) is 0 Å². The van der Waals surface area contributed by atoms with Crippen molar-refractivity contribution >= 4 is 27.2 Å². The number of hydrogen-bond donors (Lipinski definition) is 1. The largest absolute Gasteiger partial charge is 0.334 e. The summed E-state index contributed by atoms with van der Waals surface area (Å²) in [6.45, 7) is 3.47. The molecule has 0 aromatic carbocycles. The van der Waals surface area contributed by atoms with Crippen LogP contribution in [0.25, 0.3) is 0 Å². The molecule has 3 rings (SSSR count). The summed E-state index contributed by atoms with van der Waals surface area (Å²) in [7, 11) is -2.95. The second-order valence-electron chi connectivity index (χ2n) is 6.24. The maximum Gasteiger partial charge on any atom is 0.317 e. The smallest absolute Gasteiger partial charge is 0.317 e. The molecule has 2 amide bonds. The molecule has 1 atom stereocenters. The first-order chi connectivity index (χ1) is 11.0. The highest BCUT2D eigenvalue weighted by molar-refractivity contribution is 7.91. The average molecular weight is 358 g/mol. The molecule has 2 saturated heterocycles. The Morgan fingerprint density at radius 2 is 2.09 bits per heavy atom. The van der Waals surface area contributed by atoms with Gasteiger partial charge in [-0.2, -0.15) is 0 Å². The second-order valence-corrected chi connectivity index (χ2v) is 9.58. The summed E-state index contributed by atoms with van der Waals surface area (Å²) in [5, 5.41) is 5.17. The van der Waals surface area contributed by atoms with Gasteiger partial charge in [0.05, 0.1) is 11.5 Å². The van der Waals surface area contributed by atoms with Crippen LogP contribution in [0.15, 0.2) is 17.5 Å². The highest BCUT2D eigenvalue weighted by Crippen LogP contribution is 2.17. The van der Waals surface area contributed by atoms with E-state index >= 15 is 0 Å². The molecule has 1 aromatic heterocycles. The van der Waals surface area contributed by atoms with E-state index in [4.69, 9.17) is 0 Å². The second kappa shape index (κ2) is 7.19. The number of urea groups is 1. The van der Waals surface area contributed by atoms with Gasteiger partial charge in [-0.3, -0.25) is 4.90 Å². The van der Waals surface area contributed by atoms with Gasteiger partial charge in [-0.1, -0.05) is 6.07 Å². The van der Waals surface area contributed by atoms with Crippen LogP contribution in [-0.2, 0) is 16.4 Å². The Labute approximate surface area is 141 Å². The molecule has 0 radical (unpaired) electrons. The molecule has 8 heteroatoms. The summed E-state index contributed by atoms with van der Waals surface area (Å²) in [6.07, 6.45) is 2.06. The summed E-state index contributed by atoms with van der Waals surface area (Å²) in [5.41, 5.74) is 0. The first-order valence-electron chi connectivity index (χ1n) is 8.02. The molecule has 2 fully saturated rings. The molecule has 23 heavy (non-hydrogen) atoms. The van der Waals surface area contributed by atoms with Crippen LogP contribution in [0.5, 0.6) is 0 Å². The van der Waals surface area contributed by atoms with E-state index in [9.17, 15) is 13.2 Å². The Bertz CT molecular complexity index is 616. The van der Waals surface area contributed by atoms with Crippen LogP contribution in [0, 0.1) is 0 Å². The zero-order valence-corrected chi connectivity index (χ0v) is 14.7. The third kappa shape index (κ3) is 4.68. The number of carbonyl (C=O) groups is 1. The van der Waals surface area contributed by atoms with E-state index < -0.39 is 9.84 Å². The normalized spacial score (nSPS) is 25.2. The molecular weight excluding hydrogens is 334 g/mol. The van der Waals surface area contributed by atoms with Crippen LogP contribution in [0.1, 0.15) is 17.7 Å². The molecule has 3 heterocycles. The molecule has 6 nitrogen and oxygen atoms in total. The number of amides is 2. The molecule has 1 N–H and O–H groups in total. The number of piperidine rings is 1. The van der Waals surface area contributed by atoms with Gasteiger partial charge in [-0.15, -0.1) is 11.3 Å². The number of sulfone groups is 1. The van der Waals surface area contributed by atoms with Crippen LogP contribution in [0.4, 0.5) is 4.79 Å². The quantitative estimate of drug-likeness (QED) is 0.881. The number of thiophene rings is 1. The van der Waals surface area contributed by atoms with E-state index in [2.05, 4.69) is 27.7 Å². The van der Waals surface area contributed by atoms with Crippen molar-refractivity contribution in [3.8, 4) is 0 Å². The first kappa shape index (κ1) is 16.7. The van der Waals surface area contributed by atoms with Gasteiger partial charge < -0.3 is 10.2 Å². The van der Waals surface area contributed by atoms with Crippen LogP contribution in [-0.4, -0.2) is 68.0 Å². The van der Waals surface area contributed by atoms with Gasteiger partial charge in [0.2, 0.25) is 0 Å². The Morgan fingerprint density at radius 1 is 1.30 bits per heavy atom. The molecule has 0 bridgehead atoms. The molecule has 0 spiro atoms. The maximum absolute atomic E-state index is 12.3. The minimum Gasteiger partial charge on any atom is -0.334 e. The average Bonchev–Trinajstić information content (AvgIpc) is 3.00. The highest BCUT2D eigenvalue weighted by atomic mass is 32.2. The van der Waals surface area contributed by atoms with Crippen LogP contribution >= 0.6 is 11.3 Å². The van der Waals surface area contributed by atoms with Crippen molar-refractivity contribution in [1.82, 2.24) is 15.1 Å². The van der Waals surface area contributed by atoms with Crippen molar-refractivity contribution in [3.05, 3.63) is 22.4 Å². The molecule has 128 valence electrons. The molecule has 0 aliphatic carbocycles. The summed E-state index contributed by atoms with van der Waals surface area (Å²) >= 11 is 1.76. The first-order valence-corrected chi connectivity index (χ1v) is 10.7. The Morgan fingerprint density at radius 3 is 2.78 bits per heavy atom. The topological polar surface area (TPSA) is 69.7 Å². The molecular formula is C15H23N3O3S2. The predicted octanol–water partition coefficient (Wildman–Crippen LogP) is 1.15. The van der Waals surface area contributed by atoms with Crippen molar-refractivity contribution in [3.63, 3.8) is 0 Å². The van der Waals surface area contributed by atoms with Gasteiger partial charge in [-0.25, -0.2) is 13.2 Å². The monoisotopic (exact) mass is 357 g/mol. The van der Waals surface area contributed by atoms with Crippen LogP contribution in [0.3, 0.4) is 0 Å². The van der Waals surface area contributed by atoms with Gasteiger partial charge >= 0.3 is 6.03 Å². The third-order valence-electron chi connectivity index (χ3n) is 4.42. The number of hydrogen-bond acceptors (Lipinski definition) is 5. The lowest BCUT2D eigenvalue weighted by Gasteiger charge is -2.35. The third-order valence-corrected chi connectivity index (χ3v) is 6.89. The zero-order valence-electron chi connectivity index (χ0n) is 13.1. The Kier molecular flexibility index (Phi) is 5.23. The number of likely N-dealkylation sites (tertiary alicyclic amines) is 1. The van der Waals surface area contributed by atoms with E-state index in [0.717, 1.165) is 32.5 Å². The van der Waals surface area contributed by atoms with Crippen molar-refractivity contribution in [2.45, 2.75) is 25.4 Å². The number of carbonyl (C=O) groups excluding carboxylic acids is 1. The Hall–Kier alpha value is -1.12. The van der Waals surface area contributed by atoms with Gasteiger partial charge in [0.15, 0.2) is 9.84 Å². The van der Waals surface area contributed by atoms with Crippen LogP contribution < -0.4 is 5.32 Å².